The Morgan fingerprint density at radius 1 is 1.20 bits per heavy atom. The topological polar surface area (TPSA) is 38.3 Å². The molecule has 0 unspecified atom stereocenters. The van der Waals surface area contributed by atoms with Crippen molar-refractivity contribution in [1.29, 1.82) is 0 Å². The van der Waals surface area contributed by atoms with E-state index >= 15 is 0 Å². The molecule has 0 radical (unpaired) electrons. The quantitative estimate of drug-likeness (QED) is 0.813. The van der Waals surface area contributed by atoms with Crippen LogP contribution in [-0.2, 0) is 4.79 Å². The molecule has 0 heterocycles. The Balaban J connectivity index is 1.98. The van der Waals surface area contributed by atoms with Crippen LogP contribution in [0, 0.1) is 10.5 Å². The van der Waals surface area contributed by atoms with Crippen LogP contribution >= 0.6 is 22.6 Å². The Morgan fingerprint density at radius 3 is 2.65 bits per heavy atom. The van der Waals surface area contributed by atoms with E-state index in [1.165, 1.54) is 0 Å². The second kappa shape index (κ2) is 6.74. The van der Waals surface area contributed by atoms with E-state index in [4.69, 9.17) is 4.74 Å². The molecule has 1 N–H and O–H groups in total. The van der Waals surface area contributed by atoms with Gasteiger partial charge in [-0.05, 0) is 72.3 Å². The predicted octanol–water partition coefficient (Wildman–Crippen LogP) is 4.01. The average Bonchev–Trinajstić information content (AvgIpc) is 2.38. The van der Waals surface area contributed by atoms with Crippen LogP contribution < -0.4 is 10.1 Å². The summed E-state index contributed by atoms with van der Waals surface area (Å²) in [5, 5.41) is 2.85. The van der Waals surface area contributed by atoms with Gasteiger partial charge in [0.05, 0.1) is 0 Å². The second-order valence-corrected chi connectivity index (χ2v) is 5.82. The van der Waals surface area contributed by atoms with Crippen LogP contribution in [-0.4, -0.2) is 12.0 Å². The van der Waals surface area contributed by atoms with Crippen LogP contribution in [0.5, 0.6) is 5.75 Å². The number of carbonyl (C=O) groups is 1. The molecule has 0 spiro atoms. The lowest BCUT2D eigenvalue weighted by Gasteiger charge is -2.15. The van der Waals surface area contributed by atoms with Gasteiger partial charge in [0.1, 0.15) is 5.75 Å². The number of rotatable bonds is 4. The first kappa shape index (κ1) is 14.8. The third kappa shape index (κ3) is 4.23. The maximum Gasteiger partial charge on any atom is 0.265 e. The molecule has 4 heteroatoms. The van der Waals surface area contributed by atoms with E-state index in [1.54, 1.807) is 6.92 Å². The number of nitrogens with one attached hydrogen (secondary N) is 1. The smallest absolute Gasteiger partial charge is 0.265 e. The molecule has 0 saturated heterocycles. The Hall–Kier alpha value is -1.56. The molecule has 0 saturated carbocycles. The fraction of sp³-hybridized carbons (Fsp3) is 0.188. The Kier molecular flexibility index (Phi) is 5.00. The van der Waals surface area contributed by atoms with Gasteiger partial charge in [0.2, 0.25) is 0 Å². The van der Waals surface area contributed by atoms with Crippen molar-refractivity contribution in [2.75, 3.05) is 5.32 Å². The second-order valence-electron chi connectivity index (χ2n) is 4.58. The van der Waals surface area contributed by atoms with Crippen LogP contribution in [0.2, 0.25) is 0 Å². The van der Waals surface area contributed by atoms with E-state index in [0.29, 0.717) is 5.75 Å². The van der Waals surface area contributed by atoms with Crippen LogP contribution in [0.1, 0.15) is 12.5 Å². The molecular weight excluding hydrogens is 365 g/mol. The third-order valence-corrected chi connectivity index (χ3v) is 3.43. The lowest BCUT2D eigenvalue weighted by molar-refractivity contribution is -0.122. The van der Waals surface area contributed by atoms with Crippen molar-refractivity contribution < 1.29 is 9.53 Å². The molecule has 0 aliphatic rings. The molecule has 104 valence electrons. The zero-order valence-electron chi connectivity index (χ0n) is 11.4. The van der Waals surface area contributed by atoms with E-state index in [0.717, 1.165) is 14.8 Å². The average molecular weight is 381 g/mol. The third-order valence-electron chi connectivity index (χ3n) is 2.76. The zero-order valence-corrected chi connectivity index (χ0v) is 13.5. The van der Waals surface area contributed by atoms with Gasteiger partial charge in [0.25, 0.3) is 5.91 Å². The lowest BCUT2D eigenvalue weighted by Crippen LogP contribution is -2.30. The summed E-state index contributed by atoms with van der Waals surface area (Å²) < 4.78 is 6.72. The van der Waals surface area contributed by atoms with E-state index < -0.39 is 6.10 Å². The molecule has 0 aromatic heterocycles. The number of halogens is 1. The molecule has 0 fully saturated rings. The molecule has 20 heavy (non-hydrogen) atoms. The molecule has 2 rings (SSSR count). The minimum atomic E-state index is -0.547. The van der Waals surface area contributed by atoms with E-state index in [2.05, 4.69) is 27.9 Å². The van der Waals surface area contributed by atoms with Crippen molar-refractivity contribution in [2.24, 2.45) is 0 Å². The Bertz CT molecular complexity index is 613. The largest absolute Gasteiger partial charge is 0.481 e. The lowest BCUT2D eigenvalue weighted by atomic mass is 10.2. The molecule has 0 bridgehead atoms. The standard InChI is InChI=1S/C16H16INO2/c1-11-5-3-7-14(9-11)18-16(19)12(2)20-15-8-4-6-13(17)10-15/h3-10,12H,1-2H3,(H,18,19)/t12-/m0/s1. The number of ether oxygens (including phenoxy) is 1. The van der Waals surface area contributed by atoms with E-state index in [9.17, 15) is 4.79 Å². The summed E-state index contributed by atoms with van der Waals surface area (Å²) in [5.74, 6) is 0.540. The highest BCUT2D eigenvalue weighted by Crippen LogP contribution is 2.17. The first-order valence-corrected chi connectivity index (χ1v) is 7.42. The van der Waals surface area contributed by atoms with Crippen LogP contribution in [0.3, 0.4) is 0 Å². The zero-order chi connectivity index (χ0) is 14.5. The normalized spacial score (nSPS) is 11.8. The number of hydrogen-bond donors (Lipinski definition) is 1. The predicted molar refractivity (Wildman–Crippen MR) is 89.1 cm³/mol. The highest BCUT2D eigenvalue weighted by atomic mass is 127. The highest BCUT2D eigenvalue weighted by molar-refractivity contribution is 14.1. The van der Waals surface area contributed by atoms with Crippen molar-refractivity contribution in [1.82, 2.24) is 0 Å². The number of benzene rings is 2. The van der Waals surface area contributed by atoms with Gasteiger partial charge in [0.15, 0.2) is 6.10 Å². The van der Waals surface area contributed by atoms with Gasteiger partial charge >= 0.3 is 0 Å². The first-order valence-electron chi connectivity index (χ1n) is 6.34. The summed E-state index contributed by atoms with van der Waals surface area (Å²) in [6.45, 7) is 3.73. The Morgan fingerprint density at radius 2 is 1.95 bits per heavy atom. The first-order chi connectivity index (χ1) is 9.54. The van der Waals surface area contributed by atoms with Crippen LogP contribution in [0.4, 0.5) is 5.69 Å². The van der Waals surface area contributed by atoms with Crippen molar-refractivity contribution in [3.8, 4) is 5.75 Å². The summed E-state index contributed by atoms with van der Waals surface area (Å²) in [6, 6.07) is 15.3. The molecule has 1 amide bonds. The fourth-order valence-corrected chi connectivity index (χ4v) is 2.28. The fourth-order valence-electron chi connectivity index (χ4n) is 1.76. The van der Waals surface area contributed by atoms with Crippen LogP contribution in [0.15, 0.2) is 48.5 Å². The van der Waals surface area contributed by atoms with Gasteiger partial charge in [0, 0.05) is 9.26 Å². The highest BCUT2D eigenvalue weighted by Gasteiger charge is 2.14. The minimum Gasteiger partial charge on any atom is -0.481 e. The number of hydrogen-bond acceptors (Lipinski definition) is 2. The minimum absolute atomic E-state index is 0.158. The number of anilines is 1. The summed E-state index contributed by atoms with van der Waals surface area (Å²) in [6.07, 6.45) is -0.547. The maximum atomic E-state index is 12.1. The molecule has 2 aromatic rings. The summed E-state index contributed by atoms with van der Waals surface area (Å²) in [7, 11) is 0. The van der Waals surface area contributed by atoms with Gasteiger partial charge < -0.3 is 10.1 Å². The molecular formula is C16H16INO2. The van der Waals surface area contributed by atoms with E-state index in [-0.39, 0.29) is 5.91 Å². The van der Waals surface area contributed by atoms with Crippen molar-refractivity contribution in [2.45, 2.75) is 20.0 Å². The number of amides is 1. The van der Waals surface area contributed by atoms with Gasteiger partial charge in [-0.3, -0.25) is 4.79 Å². The van der Waals surface area contributed by atoms with E-state index in [1.807, 2.05) is 55.5 Å². The van der Waals surface area contributed by atoms with Crippen molar-refractivity contribution in [3.63, 3.8) is 0 Å². The number of aryl methyl sites for hydroxylation is 1. The summed E-state index contributed by atoms with van der Waals surface area (Å²) in [4.78, 5) is 12.1. The monoisotopic (exact) mass is 381 g/mol. The van der Waals surface area contributed by atoms with Gasteiger partial charge in [-0.15, -0.1) is 0 Å². The van der Waals surface area contributed by atoms with Crippen molar-refractivity contribution >= 4 is 34.2 Å². The molecule has 3 nitrogen and oxygen atoms in total. The Labute approximate surface area is 132 Å². The SMILES string of the molecule is Cc1cccc(NC(=O)[C@H](C)Oc2cccc(I)c2)c1. The van der Waals surface area contributed by atoms with Gasteiger partial charge in [-0.2, -0.15) is 0 Å². The number of carbonyl (C=O) groups excluding carboxylic acids is 1. The molecule has 2 aromatic carbocycles. The van der Waals surface area contributed by atoms with Crippen molar-refractivity contribution in [3.05, 3.63) is 57.7 Å². The molecule has 0 aliphatic carbocycles. The summed E-state index contributed by atoms with van der Waals surface area (Å²) >= 11 is 2.21. The van der Waals surface area contributed by atoms with Gasteiger partial charge in [-0.25, -0.2) is 0 Å². The molecule has 1 atom stereocenters. The summed E-state index contributed by atoms with van der Waals surface area (Å²) in [5.41, 5.74) is 1.89. The molecule has 0 aliphatic heterocycles. The maximum absolute atomic E-state index is 12.1. The van der Waals surface area contributed by atoms with Crippen LogP contribution in [0.25, 0.3) is 0 Å². The van der Waals surface area contributed by atoms with Gasteiger partial charge in [-0.1, -0.05) is 18.2 Å².